The summed E-state index contributed by atoms with van der Waals surface area (Å²) in [6, 6.07) is 21.0. The Labute approximate surface area is 175 Å². The third-order valence-electron chi connectivity index (χ3n) is 4.57. The molecule has 8 heteroatoms. The molecule has 0 spiro atoms. The van der Waals surface area contributed by atoms with Crippen molar-refractivity contribution in [1.29, 1.82) is 0 Å². The van der Waals surface area contributed by atoms with Gasteiger partial charge in [-0.15, -0.1) is 10.2 Å². The number of rotatable bonds is 5. The molecule has 0 unspecified atom stereocenters. The third kappa shape index (κ3) is 3.48. The Hall–Kier alpha value is -3.78. The zero-order valence-electron chi connectivity index (χ0n) is 15.8. The van der Waals surface area contributed by atoms with E-state index in [2.05, 4.69) is 25.1 Å². The molecule has 0 bridgehead atoms. The third-order valence-corrected chi connectivity index (χ3v) is 5.51. The lowest BCUT2D eigenvalue weighted by Crippen LogP contribution is -2.11. The van der Waals surface area contributed by atoms with Crippen molar-refractivity contribution in [3.8, 4) is 17.1 Å². The van der Waals surface area contributed by atoms with Crippen LogP contribution < -0.4 is 5.56 Å². The Balaban J connectivity index is 1.52. The Morgan fingerprint density at radius 2 is 1.77 bits per heavy atom. The van der Waals surface area contributed by atoms with Crippen molar-refractivity contribution in [3.63, 3.8) is 0 Å². The molecule has 1 N–H and O–H groups in total. The van der Waals surface area contributed by atoms with Crippen LogP contribution in [0.1, 0.15) is 5.82 Å². The molecule has 0 saturated carbocycles. The number of hydrogen-bond donors (Lipinski definition) is 1. The molecule has 5 rings (SSSR count). The number of aromatic nitrogens is 6. The van der Waals surface area contributed by atoms with Gasteiger partial charge in [-0.1, -0.05) is 42.1 Å². The molecule has 5 aromatic rings. The Bertz CT molecular complexity index is 1370. The van der Waals surface area contributed by atoms with Gasteiger partial charge in [-0.05, 0) is 36.4 Å². The van der Waals surface area contributed by atoms with Crippen LogP contribution in [-0.4, -0.2) is 29.7 Å². The maximum absolute atomic E-state index is 12.3. The molecule has 30 heavy (non-hydrogen) atoms. The van der Waals surface area contributed by atoms with Gasteiger partial charge in [0.1, 0.15) is 5.82 Å². The largest absolute Gasteiger partial charge is 0.309 e. The van der Waals surface area contributed by atoms with Crippen LogP contribution in [0.3, 0.4) is 0 Å². The monoisotopic (exact) mass is 412 g/mol. The minimum atomic E-state index is -0.142. The van der Waals surface area contributed by atoms with E-state index in [0.717, 1.165) is 11.3 Å². The molecule has 0 fully saturated rings. The Morgan fingerprint density at radius 3 is 2.60 bits per heavy atom. The zero-order valence-corrected chi connectivity index (χ0v) is 16.6. The maximum atomic E-state index is 12.3. The van der Waals surface area contributed by atoms with Gasteiger partial charge in [0.05, 0.1) is 16.7 Å². The first-order valence-corrected chi connectivity index (χ1v) is 10.3. The minimum Gasteiger partial charge on any atom is -0.309 e. The number of H-pyrrole nitrogens is 1. The van der Waals surface area contributed by atoms with E-state index in [1.165, 1.54) is 11.8 Å². The van der Waals surface area contributed by atoms with Crippen molar-refractivity contribution in [1.82, 2.24) is 29.7 Å². The average Bonchev–Trinajstić information content (AvgIpc) is 3.23. The summed E-state index contributed by atoms with van der Waals surface area (Å²) in [6.07, 6.45) is 3.49. The lowest BCUT2D eigenvalue weighted by molar-refractivity contribution is 0.883. The molecular formula is C22H16N6OS. The molecule has 0 radical (unpaired) electrons. The molecule has 7 nitrogen and oxygen atoms in total. The van der Waals surface area contributed by atoms with Crippen LogP contribution in [0.25, 0.3) is 28.0 Å². The van der Waals surface area contributed by atoms with Gasteiger partial charge in [-0.3, -0.25) is 14.3 Å². The predicted octanol–water partition coefficient (Wildman–Crippen LogP) is 3.86. The molecule has 0 aliphatic carbocycles. The van der Waals surface area contributed by atoms with Crippen LogP contribution in [0, 0.1) is 0 Å². The first kappa shape index (κ1) is 18.3. The van der Waals surface area contributed by atoms with Crippen LogP contribution >= 0.6 is 11.8 Å². The zero-order chi connectivity index (χ0) is 20.3. The van der Waals surface area contributed by atoms with Crippen molar-refractivity contribution >= 4 is 22.7 Å². The van der Waals surface area contributed by atoms with Crippen LogP contribution in [0.15, 0.2) is 89.1 Å². The van der Waals surface area contributed by atoms with Gasteiger partial charge in [-0.25, -0.2) is 4.98 Å². The van der Waals surface area contributed by atoms with Crippen molar-refractivity contribution < 1.29 is 0 Å². The first-order chi connectivity index (χ1) is 14.8. The molecule has 3 aromatic heterocycles. The number of aromatic amines is 1. The lowest BCUT2D eigenvalue weighted by Gasteiger charge is -2.10. The summed E-state index contributed by atoms with van der Waals surface area (Å²) in [5.41, 5.74) is 2.36. The van der Waals surface area contributed by atoms with E-state index >= 15 is 0 Å². The van der Waals surface area contributed by atoms with E-state index in [0.29, 0.717) is 33.5 Å². The van der Waals surface area contributed by atoms with Gasteiger partial charge in [0.15, 0.2) is 11.0 Å². The molecule has 0 aliphatic rings. The number of hydrogen-bond acceptors (Lipinski definition) is 6. The summed E-state index contributed by atoms with van der Waals surface area (Å²) in [5, 5.41) is 10.1. The highest BCUT2D eigenvalue weighted by atomic mass is 32.2. The Kier molecular flexibility index (Phi) is 4.82. The fourth-order valence-electron chi connectivity index (χ4n) is 3.19. The van der Waals surface area contributed by atoms with E-state index in [9.17, 15) is 4.79 Å². The molecule has 0 amide bonds. The highest BCUT2D eigenvalue weighted by molar-refractivity contribution is 7.98. The standard InChI is InChI=1S/C22H16N6OS/c29-21-17-10-4-5-11-18(17)24-19(25-21)14-30-22-27-26-20(15-7-6-12-23-13-15)28(22)16-8-2-1-3-9-16/h1-13H,14H2,(H,24,25,29). The summed E-state index contributed by atoms with van der Waals surface area (Å²) in [7, 11) is 0. The quantitative estimate of drug-likeness (QED) is 0.441. The fraction of sp³-hybridized carbons (Fsp3) is 0.0455. The molecule has 146 valence electrons. The summed E-state index contributed by atoms with van der Waals surface area (Å²) >= 11 is 1.46. The number of nitrogens with one attached hydrogen (secondary N) is 1. The number of nitrogens with zero attached hydrogens (tertiary/aromatic N) is 5. The predicted molar refractivity (Wildman–Crippen MR) is 117 cm³/mol. The number of fused-ring (bicyclic) bond motifs is 1. The first-order valence-electron chi connectivity index (χ1n) is 9.31. The van der Waals surface area contributed by atoms with Gasteiger partial charge < -0.3 is 4.98 Å². The van der Waals surface area contributed by atoms with E-state index in [1.54, 1.807) is 18.5 Å². The van der Waals surface area contributed by atoms with Crippen LogP contribution in [0.4, 0.5) is 0 Å². The van der Waals surface area contributed by atoms with Crippen molar-refractivity contribution in [2.75, 3.05) is 0 Å². The highest BCUT2D eigenvalue weighted by Gasteiger charge is 2.17. The maximum Gasteiger partial charge on any atom is 0.258 e. The molecule has 3 heterocycles. The summed E-state index contributed by atoms with van der Waals surface area (Å²) < 4.78 is 1.99. The van der Waals surface area contributed by atoms with Gasteiger partial charge >= 0.3 is 0 Å². The Morgan fingerprint density at radius 1 is 0.933 bits per heavy atom. The molecule has 0 saturated heterocycles. The van der Waals surface area contributed by atoms with Crippen molar-refractivity contribution in [2.24, 2.45) is 0 Å². The van der Waals surface area contributed by atoms with Gasteiger partial charge in [0, 0.05) is 23.6 Å². The summed E-state index contributed by atoms with van der Waals surface area (Å²) in [6.45, 7) is 0. The minimum absolute atomic E-state index is 0.142. The van der Waals surface area contributed by atoms with E-state index in [1.807, 2.05) is 65.2 Å². The van der Waals surface area contributed by atoms with Crippen LogP contribution in [0.2, 0.25) is 0 Å². The number of pyridine rings is 1. The number of benzene rings is 2. The van der Waals surface area contributed by atoms with Crippen molar-refractivity contribution in [2.45, 2.75) is 10.9 Å². The summed E-state index contributed by atoms with van der Waals surface area (Å²) in [5.74, 6) is 1.75. The SMILES string of the molecule is O=c1[nH]c(CSc2nnc(-c3cccnc3)n2-c2ccccc2)nc2ccccc12. The number of para-hydroxylation sites is 2. The smallest absolute Gasteiger partial charge is 0.258 e. The lowest BCUT2D eigenvalue weighted by atomic mass is 10.2. The fourth-order valence-corrected chi connectivity index (χ4v) is 4.01. The van der Waals surface area contributed by atoms with Crippen LogP contribution in [-0.2, 0) is 5.75 Å². The molecule has 0 aliphatic heterocycles. The average molecular weight is 412 g/mol. The topological polar surface area (TPSA) is 89.4 Å². The second kappa shape index (κ2) is 7.92. The van der Waals surface area contributed by atoms with E-state index in [-0.39, 0.29) is 5.56 Å². The van der Waals surface area contributed by atoms with E-state index in [4.69, 9.17) is 0 Å². The van der Waals surface area contributed by atoms with Crippen molar-refractivity contribution in [3.05, 3.63) is 95.3 Å². The normalized spacial score (nSPS) is 11.1. The van der Waals surface area contributed by atoms with Gasteiger partial charge in [-0.2, -0.15) is 0 Å². The summed E-state index contributed by atoms with van der Waals surface area (Å²) in [4.78, 5) is 24.0. The van der Waals surface area contributed by atoms with Crippen LogP contribution in [0.5, 0.6) is 0 Å². The number of thioether (sulfide) groups is 1. The highest BCUT2D eigenvalue weighted by Crippen LogP contribution is 2.28. The van der Waals surface area contributed by atoms with Gasteiger partial charge in [0.25, 0.3) is 5.56 Å². The van der Waals surface area contributed by atoms with E-state index < -0.39 is 0 Å². The van der Waals surface area contributed by atoms with Gasteiger partial charge in [0.2, 0.25) is 0 Å². The molecular weight excluding hydrogens is 396 g/mol. The molecule has 2 aromatic carbocycles. The second-order valence-corrected chi connectivity index (χ2v) is 7.48. The molecule has 0 atom stereocenters. The second-order valence-electron chi connectivity index (χ2n) is 6.54.